The second kappa shape index (κ2) is 33.2. The number of nitrogens with zero attached hydrogens (tertiary/aromatic N) is 3. The van der Waals surface area contributed by atoms with Crippen LogP contribution in [0.2, 0.25) is 0 Å². The van der Waals surface area contributed by atoms with Crippen molar-refractivity contribution in [3.8, 4) is 0 Å². The fourth-order valence-electron chi connectivity index (χ4n) is 7.31. The number of aromatic nitrogens is 1. The summed E-state index contributed by atoms with van der Waals surface area (Å²) in [6.07, 6.45) is 1.45. The maximum absolute atomic E-state index is 14.2. The van der Waals surface area contributed by atoms with Crippen molar-refractivity contribution in [3.05, 3.63) is 36.0 Å². The number of carbonyl (C=O) groups excluding carboxylic acids is 9. The summed E-state index contributed by atoms with van der Waals surface area (Å²) >= 11 is 0. The third-order valence-electron chi connectivity index (χ3n) is 11.6. The van der Waals surface area contributed by atoms with E-state index in [1.165, 1.54) is 6.92 Å². The number of amides is 9. The number of carboxylic acids is 1. The molecule has 0 aliphatic heterocycles. The smallest absolute Gasteiger partial charge is 0.326 e. The lowest BCUT2D eigenvalue weighted by Crippen LogP contribution is -2.58. The van der Waals surface area contributed by atoms with Gasteiger partial charge in [-0.1, -0.05) is 38.5 Å². The highest BCUT2D eigenvalue weighted by atomic mass is 16.4. The van der Waals surface area contributed by atoms with Crippen LogP contribution in [-0.2, 0) is 54.4 Å². The van der Waals surface area contributed by atoms with Crippen LogP contribution in [0.25, 0.3) is 10.9 Å². The van der Waals surface area contributed by atoms with E-state index < -0.39 is 127 Å². The van der Waals surface area contributed by atoms with Crippen LogP contribution in [-0.4, -0.2) is 162 Å². The molecule has 1 aromatic carbocycles. The number of nitrogens with one attached hydrogen (secondary N) is 9. The third kappa shape index (κ3) is 24.4. The number of nitrogens with two attached hydrogens (primary N) is 8. The zero-order valence-electron chi connectivity index (χ0n) is 43.4. The molecule has 0 saturated carbocycles. The highest BCUT2D eigenvalue weighted by Gasteiger charge is 2.33. The number of hydrogen-bond acceptors (Lipinski definition) is 14. The number of carbonyl (C=O) groups is 10. The van der Waals surface area contributed by atoms with Crippen LogP contribution in [0.5, 0.6) is 0 Å². The number of aromatic amines is 1. The number of fused-ring (bicyclic) bond motifs is 1. The van der Waals surface area contributed by atoms with E-state index in [2.05, 4.69) is 62.5 Å². The number of H-pyrrole nitrogens is 1. The van der Waals surface area contributed by atoms with Crippen LogP contribution in [0.15, 0.2) is 45.4 Å². The predicted octanol–water partition coefficient (Wildman–Crippen LogP) is -6.63. The molecule has 26 N–H and O–H groups in total. The van der Waals surface area contributed by atoms with Crippen molar-refractivity contribution in [1.29, 1.82) is 0 Å². The average Bonchev–Trinajstić information content (AvgIpc) is 3.77. The van der Waals surface area contributed by atoms with Gasteiger partial charge < -0.3 is 98.5 Å². The molecule has 0 unspecified atom stereocenters. The van der Waals surface area contributed by atoms with E-state index in [1.54, 1.807) is 44.3 Å². The Labute approximate surface area is 443 Å². The lowest BCUT2D eigenvalue weighted by molar-refractivity contribution is -0.142. The summed E-state index contributed by atoms with van der Waals surface area (Å²) in [5.41, 5.74) is 44.7. The van der Waals surface area contributed by atoms with Gasteiger partial charge in [0.15, 0.2) is 17.9 Å². The van der Waals surface area contributed by atoms with Crippen molar-refractivity contribution in [1.82, 2.24) is 47.5 Å². The largest absolute Gasteiger partial charge is 0.480 e. The monoisotopic (exact) mass is 1080 g/mol. The zero-order valence-corrected chi connectivity index (χ0v) is 43.4. The lowest BCUT2D eigenvalue weighted by atomic mass is 9.97. The standard InChI is InChI=1S/C46H76N20O11/c1-4-23(2)36(42(75)63-30(43(76)77)14-9-17-57-46(53)54)66-35(69)22-59-38(71)28(12-7-15-55-44(49)50)61-34(68)21-60-39(72)31(18-25-20-58-27-11-6-5-10-26(25)27)65-40(73)29(13-8-16-56-45(51)52)62-41(74)32(19-33(48)67)64-37(70)24(3)47/h5-6,10-11,20,23-24,28-32,36,58H,4,7-9,12-19,21-22,47H2,1-3H3,(H2,48,67)(H,59,71)(H,60,72)(H,61,68)(H,62,74)(H,63,75)(H,64,70)(H,65,73)(H,66,69)(H,76,77)(H4,49,50,55)(H4,51,52,56)(H4,53,54,57)/t23-,24-,28-,29-,30-,31-,32-,36-/m0/s1. The van der Waals surface area contributed by atoms with Gasteiger partial charge >= 0.3 is 5.97 Å². The predicted molar refractivity (Wildman–Crippen MR) is 284 cm³/mol. The SMILES string of the molecule is CC[C@H](C)[C@H](NC(=O)CNC(=O)[C@H](CCCN=C(N)N)NC(=O)CNC(=O)[C@H](Cc1c[nH]c2ccccc12)NC(=O)[C@H](CCCN=C(N)N)NC(=O)[C@H](CC(N)=O)NC(=O)[C@H](C)N)C(=O)N[C@@H](CCCN=C(N)N)C(=O)O. The van der Waals surface area contributed by atoms with E-state index in [0.29, 0.717) is 22.9 Å². The number of aliphatic carboxylic acids is 1. The minimum Gasteiger partial charge on any atom is -0.480 e. The quantitative estimate of drug-likeness (QED) is 0.0173. The first kappa shape index (κ1) is 64.3. The van der Waals surface area contributed by atoms with Crippen LogP contribution in [0.4, 0.5) is 0 Å². The Balaban J connectivity index is 2.34. The molecule has 2 aromatic rings. The van der Waals surface area contributed by atoms with Crippen molar-refractivity contribution >= 4 is 87.9 Å². The molecule has 1 heterocycles. The van der Waals surface area contributed by atoms with E-state index in [4.69, 9.17) is 45.9 Å². The molecule has 426 valence electrons. The molecule has 0 aliphatic carbocycles. The van der Waals surface area contributed by atoms with Gasteiger partial charge in [0.25, 0.3) is 0 Å². The average molecular weight is 1090 g/mol. The van der Waals surface area contributed by atoms with Crippen molar-refractivity contribution in [2.24, 2.45) is 66.8 Å². The van der Waals surface area contributed by atoms with Crippen molar-refractivity contribution in [2.75, 3.05) is 32.7 Å². The zero-order chi connectivity index (χ0) is 57.8. The molecule has 0 radical (unpaired) electrons. The Kier molecular flexibility index (Phi) is 27.8. The fourth-order valence-corrected chi connectivity index (χ4v) is 7.31. The molecule has 9 amide bonds. The molecule has 31 nitrogen and oxygen atoms in total. The maximum Gasteiger partial charge on any atom is 0.326 e. The third-order valence-corrected chi connectivity index (χ3v) is 11.6. The molecule has 31 heteroatoms. The second-order valence-corrected chi connectivity index (χ2v) is 17.9. The van der Waals surface area contributed by atoms with Gasteiger partial charge in [-0.05, 0) is 63.0 Å². The Hall–Kier alpha value is -8.77. The molecule has 8 atom stereocenters. The van der Waals surface area contributed by atoms with Gasteiger partial charge in [-0.2, -0.15) is 0 Å². The fraction of sp³-hybridized carbons (Fsp3) is 0.543. The van der Waals surface area contributed by atoms with Crippen molar-refractivity contribution in [2.45, 2.75) is 121 Å². The lowest BCUT2D eigenvalue weighted by Gasteiger charge is -2.26. The van der Waals surface area contributed by atoms with Gasteiger partial charge in [-0.15, -0.1) is 0 Å². The second-order valence-electron chi connectivity index (χ2n) is 17.9. The van der Waals surface area contributed by atoms with Gasteiger partial charge in [-0.3, -0.25) is 58.1 Å². The Bertz CT molecular complexity index is 2450. The van der Waals surface area contributed by atoms with Gasteiger partial charge in [0.2, 0.25) is 53.2 Å². The van der Waals surface area contributed by atoms with Crippen molar-refractivity contribution < 1.29 is 53.1 Å². The summed E-state index contributed by atoms with van der Waals surface area (Å²) in [5, 5.41) is 30.2. The number of rotatable bonds is 35. The van der Waals surface area contributed by atoms with Gasteiger partial charge in [0.05, 0.1) is 25.6 Å². The van der Waals surface area contributed by atoms with Gasteiger partial charge in [0, 0.05) is 43.2 Å². The Morgan fingerprint density at radius 3 is 1.53 bits per heavy atom. The van der Waals surface area contributed by atoms with Crippen LogP contribution >= 0.6 is 0 Å². The summed E-state index contributed by atoms with van der Waals surface area (Å²) in [6, 6.07) is -2.28. The van der Waals surface area contributed by atoms with Gasteiger partial charge in [-0.25, -0.2) is 4.79 Å². The number of para-hydroxylation sites is 1. The highest BCUT2D eigenvalue weighted by molar-refractivity contribution is 5.98. The first-order chi connectivity index (χ1) is 36.3. The number of guanidine groups is 3. The summed E-state index contributed by atoms with van der Waals surface area (Å²) < 4.78 is 0. The van der Waals surface area contributed by atoms with Crippen LogP contribution < -0.4 is 88.4 Å². The van der Waals surface area contributed by atoms with Crippen molar-refractivity contribution in [3.63, 3.8) is 0 Å². The molecule has 0 fully saturated rings. The summed E-state index contributed by atoms with van der Waals surface area (Å²) in [7, 11) is 0. The highest BCUT2D eigenvalue weighted by Crippen LogP contribution is 2.20. The number of benzene rings is 1. The van der Waals surface area contributed by atoms with Gasteiger partial charge in [0.1, 0.15) is 36.3 Å². The van der Waals surface area contributed by atoms with Crippen LogP contribution in [0.1, 0.15) is 77.7 Å². The minimum absolute atomic E-state index is 0.0159. The molecule has 77 heavy (non-hydrogen) atoms. The molecule has 0 spiro atoms. The van der Waals surface area contributed by atoms with E-state index in [9.17, 15) is 53.1 Å². The normalized spacial score (nSPS) is 13.9. The number of primary amides is 1. The molecule has 0 aliphatic rings. The van der Waals surface area contributed by atoms with E-state index in [-0.39, 0.29) is 82.5 Å². The Morgan fingerprint density at radius 1 is 0.571 bits per heavy atom. The summed E-state index contributed by atoms with van der Waals surface area (Å²) in [5.74, 6) is -10.3. The van der Waals surface area contributed by atoms with Crippen LogP contribution in [0.3, 0.4) is 0 Å². The van der Waals surface area contributed by atoms with Crippen LogP contribution in [0, 0.1) is 5.92 Å². The summed E-state index contributed by atoms with van der Waals surface area (Å²) in [6.45, 7) is 3.49. The minimum atomic E-state index is -1.54. The number of hydrogen-bond donors (Lipinski definition) is 18. The molecular formula is C46H76N20O11. The molecule has 2 rings (SSSR count). The van der Waals surface area contributed by atoms with E-state index in [0.717, 1.165) is 0 Å². The molecular weight excluding hydrogens is 1010 g/mol. The van der Waals surface area contributed by atoms with E-state index in [1.807, 2.05) is 0 Å². The van der Waals surface area contributed by atoms with E-state index >= 15 is 0 Å². The maximum atomic E-state index is 14.2. The first-order valence-corrected chi connectivity index (χ1v) is 24.7. The number of carboxylic acid groups (broad SMARTS) is 1. The molecule has 0 bridgehead atoms. The Morgan fingerprint density at radius 2 is 1.03 bits per heavy atom. The first-order valence-electron chi connectivity index (χ1n) is 24.7. The molecule has 1 aromatic heterocycles. The number of aliphatic imine (C=N–C) groups is 3. The summed E-state index contributed by atoms with van der Waals surface area (Å²) in [4.78, 5) is 147. The topological polar surface area (TPSA) is 548 Å². The molecule has 0 saturated heterocycles.